The van der Waals surface area contributed by atoms with Crippen molar-refractivity contribution in [2.75, 3.05) is 29.5 Å². The topological polar surface area (TPSA) is 78.0 Å². The first kappa shape index (κ1) is 22.3. The molecule has 2 aliphatic rings. The zero-order valence-electron chi connectivity index (χ0n) is 18.7. The summed E-state index contributed by atoms with van der Waals surface area (Å²) in [6.07, 6.45) is 0. The summed E-state index contributed by atoms with van der Waals surface area (Å²) in [5, 5.41) is 0. The number of nitrogens with zero attached hydrogens (tertiary/aromatic N) is 3. The fraction of sp³-hybridized carbons (Fsp3) is 0.417. The van der Waals surface area contributed by atoms with Crippen molar-refractivity contribution >= 4 is 27.5 Å². The molecule has 3 amide bonds. The van der Waals surface area contributed by atoms with Crippen molar-refractivity contribution in [3.05, 3.63) is 65.2 Å². The summed E-state index contributed by atoms with van der Waals surface area (Å²) >= 11 is 0. The van der Waals surface area contributed by atoms with Crippen LogP contribution in [0.3, 0.4) is 0 Å². The van der Waals surface area contributed by atoms with Gasteiger partial charge in [0.05, 0.1) is 23.6 Å². The fourth-order valence-electron chi connectivity index (χ4n) is 4.78. The molecule has 8 heteroatoms. The van der Waals surface area contributed by atoms with Gasteiger partial charge in [-0.15, -0.1) is 0 Å². The van der Waals surface area contributed by atoms with Crippen LogP contribution in [0.25, 0.3) is 0 Å². The van der Waals surface area contributed by atoms with E-state index in [1.807, 2.05) is 69.3 Å². The first-order chi connectivity index (χ1) is 15.2. The number of sulfone groups is 1. The average Bonchev–Trinajstić information content (AvgIpc) is 3.16. The number of benzene rings is 2. The normalized spacial score (nSPS) is 21.7. The molecule has 0 N–H and O–H groups in total. The van der Waals surface area contributed by atoms with Crippen molar-refractivity contribution < 1.29 is 18.0 Å². The van der Waals surface area contributed by atoms with E-state index in [0.29, 0.717) is 18.8 Å². The highest BCUT2D eigenvalue weighted by atomic mass is 32.2. The van der Waals surface area contributed by atoms with Crippen LogP contribution in [0.4, 0.5) is 10.5 Å². The minimum atomic E-state index is -3.29. The van der Waals surface area contributed by atoms with Gasteiger partial charge in [-0.1, -0.05) is 36.4 Å². The molecule has 0 bridgehead atoms. The van der Waals surface area contributed by atoms with Gasteiger partial charge >= 0.3 is 6.03 Å². The number of anilines is 1. The second-order valence-electron chi connectivity index (χ2n) is 8.73. The summed E-state index contributed by atoms with van der Waals surface area (Å²) in [6, 6.07) is 14.2. The number of hydrogen-bond donors (Lipinski definition) is 0. The Morgan fingerprint density at radius 3 is 2.28 bits per heavy atom. The Balaban J connectivity index is 1.60. The number of fused-ring (bicyclic) bond motifs is 1. The maximum absolute atomic E-state index is 13.4. The number of carbonyl (C=O) groups is 2. The smallest absolute Gasteiger partial charge is 0.325 e. The molecule has 4 rings (SSSR count). The molecule has 0 aliphatic carbocycles. The largest absolute Gasteiger partial charge is 0.337 e. The Bertz CT molecular complexity index is 1110. The number of carbonyl (C=O) groups excluding carboxylic acids is 2. The monoisotopic (exact) mass is 455 g/mol. The van der Waals surface area contributed by atoms with Gasteiger partial charge in [-0.25, -0.2) is 13.2 Å². The van der Waals surface area contributed by atoms with E-state index in [9.17, 15) is 18.0 Å². The molecule has 170 valence electrons. The van der Waals surface area contributed by atoms with Crippen LogP contribution in [-0.2, 0) is 21.2 Å². The summed E-state index contributed by atoms with van der Waals surface area (Å²) in [6.45, 7) is 6.62. The molecule has 2 heterocycles. The zero-order valence-corrected chi connectivity index (χ0v) is 19.5. The van der Waals surface area contributed by atoms with Crippen molar-refractivity contribution in [1.29, 1.82) is 0 Å². The van der Waals surface area contributed by atoms with Crippen LogP contribution in [0.2, 0.25) is 0 Å². The van der Waals surface area contributed by atoms with Crippen LogP contribution in [0, 0.1) is 13.8 Å². The number of rotatable bonds is 6. The second kappa shape index (κ2) is 8.58. The van der Waals surface area contributed by atoms with E-state index in [4.69, 9.17) is 0 Å². The molecule has 2 aromatic rings. The molecule has 2 saturated heterocycles. The van der Waals surface area contributed by atoms with Crippen LogP contribution in [0.1, 0.15) is 23.6 Å². The van der Waals surface area contributed by atoms with E-state index in [-0.39, 0.29) is 30.0 Å². The first-order valence-corrected chi connectivity index (χ1v) is 12.7. The van der Waals surface area contributed by atoms with E-state index < -0.39 is 21.9 Å². The zero-order chi connectivity index (χ0) is 23.0. The van der Waals surface area contributed by atoms with Gasteiger partial charge in [0.2, 0.25) is 5.91 Å². The highest BCUT2D eigenvalue weighted by Gasteiger charge is 2.54. The Kier molecular flexibility index (Phi) is 5.99. The van der Waals surface area contributed by atoms with Gasteiger partial charge in [-0.3, -0.25) is 9.69 Å². The highest BCUT2D eigenvalue weighted by Crippen LogP contribution is 2.35. The molecule has 2 aromatic carbocycles. The molecule has 7 nitrogen and oxygen atoms in total. The summed E-state index contributed by atoms with van der Waals surface area (Å²) in [5.74, 6) is -0.374. The Labute approximate surface area is 189 Å². The first-order valence-electron chi connectivity index (χ1n) is 10.9. The van der Waals surface area contributed by atoms with E-state index in [2.05, 4.69) is 0 Å². The van der Waals surface area contributed by atoms with Gasteiger partial charge < -0.3 is 9.80 Å². The number of hydrogen-bond acceptors (Lipinski definition) is 4. The molecule has 2 aliphatic heterocycles. The second-order valence-corrected chi connectivity index (χ2v) is 10.9. The SMILES string of the molecule is CCN(Cc1ccccc1)C(=O)CN1C(=O)N(c2cc(C)cc(C)c2)[C@H]2CS(=O)(=O)C[C@H]21. The quantitative estimate of drug-likeness (QED) is 0.628. The maximum atomic E-state index is 13.4. The lowest BCUT2D eigenvalue weighted by Gasteiger charge is -2.26. The lowest BCUT2D eigenvalue weighted by Crippen LogP contribution is -2.45. The molecule has 0 spiro atoms. The van der Waals surface area contributed by atoms with Gasteiger partial charge in [0.1, 0.15) is 6.54 Å². The van der Waals surface area contributed by atoms with Gasteiger partial charge in [0, 0.05) is 18.8 Å². The maximum Gasteiger partial charge on any atom is 0.325 e. The molecule has 0 radical (unpaired) electrons. The van der Waals surface area contributed by atoms with Crippen LogP contribution in [0.5, 0.6) is 0 Å². The molecular formula is C24H29N3O4S. The van der Waals surface area contributed by atoms with Gasteiger partial charge in [0.25, 0.3) is 0 Å². The lowest BCUT2D eigenvalue weighted by molar-refractivity contribution is -0.132. The third kappa shape index (κ3) is 4.37. The summed E-state index contributed by atoms with van der Waals surface area (Å²) < 4.78 is 24.9. The minimum absolute atomic E-state index is 0.0808. The molecule has 2 fully saturated rings. The number of amides is 3. The van der Waals surface area contributed by atoms with Crippen LogP contribution in [0.15, 0.2) is 48.5 Å². The molecule has 0 unspecified atom stereocenters. The van der Waals surface area contributed by atoms with Crippen molar-refractivity contribution in [3.63, 3.8) is 0 Å². The Morgan fingerprint density at radius 2 is 1.66 bits per heavy atom. The minimum Gasteiger partial charge on any atom is -0.337 e. The Morgan fingerprint density at radius 1 is 1.03 bits per heavy atom. The number of likely N-dealkylation sites (N-methyl/N-ethyl adjacent to an activating group) is 1. The van der Waals surface area contributed by atoms with Crippen molar-refractivity contribution in [2.45, 2.75) is 39.4 Å². The van der Waals surface area contributed by atoms with E-state index in [1.54, 1.807) is 9.80 Å². The molecule has 0 saturated carbocycles. The summed E-state index contributed by atoms with van der Waals surface area (Å²) in [5.41, 5.74) is 3.69. The third-order valence-corrected chi connectivity index (χ3v) is 7.92. The van der Waals surface area contributed by atoms with E-state index in [0.717, 1.165) is 16.7 Å². The van der Waals surface area contributed by atoms with Crippen molar-refractivity contribution in [1.82, 2.24) is 9.80 Å². The third-order valence-electron chi connectivity index (χ3n) is 6.22. The van der Waals surface area contributed by atoms with E-state index in [1.165, 1.54) is 4.90 Å². The van der Waals surface area contributed by atoms with Gasteiger partial charge in [-0.05, 0) is 49.6 Å². The molecular weight excluding hydrogens is 426 g/mol. The summed E-state index contributed by atoms with van der Waals surface area (Å²) in [4.78, 5) is 31.3. The van der Waals surface area contributed by atoms with Crippen LogP contribution < -0.4 is 4.90 Å². The average molecular weight is 456 g/mol. The number of aryl methyl sites for hydroxylation is 2. The molecule has 32 heavy (non-hydrogen) atoms. The predicted molar refractivity (Wildman–Crippen MR) is 124 cm³/mol. The standard InChI is InChI=1S/C24H29N3O4S/c1-4-25(13-19-8-6-5-7-9-19)23(28)14-26-21-15-32(30,31)16-22(21)27(24(26)29)20-11-17(2)10-18(3)12-20/h5-12,21-22H,4,13-16H2,1-3H3/t21-,22+/m1/s1. The van der Waals surface area contributed by atoms with Crippen LogP contribution >= 0.6 is 0 Å². The van der Waals surface area contributed by atoms with E-state index >= 15 is 0 Å². The van der Waals surface area contributed by atoms with Crippen LogP contribution in [-0.4, -0.2) is 66.8 Å². The molecule has 2 atom stereocenters. The number of urea groups is 1. The predicted octanol–water partition coefficient (Wildman–Crippen LogP) is 2.76. The molecule has 0 aromatic heterocycles. The van der Waals surface area contributed by atoms with Crippen molar-refractivity contribution in [2.24, 2.45) is 0 Å². The Hall–Kier alpha value is -2.87. The van der Waals surface area contributed by atoms with Gasteiger partial charge in [-0.2, -0.15) is 0 Å². The fourth-order valence-corrected chi connectivity index (χ4v) is 6.73. The summed E-state index contributed by atoms with van der Waals surface area (Å²) in [7, 11) is -3.29. The van der Waals surface area contributed by atoms with Crippen molar-refractivity contribution in [3.8, 4) is 0 Å². The van der Waals surface area contributed by atoms with Gasteiger partial charge in [0.15, 0.2) is 9.84 Å². The highest BCUT2D eigenvalue weighted by molar-refractivity contribution is 7.91. The lowest BCUT2D eigenvalue weighted by atomic mass is 10.1.